The van der Waals surface area contributed by atoms with Crippen LogP contribution in [0, 0.1) is 11.8 Å². The van der Waals surface area contributed by atoms with Gasteiger partial charge in [-0.1, -0.05) is 20.8 Å². The van der Waals surface area contributed by atoms with Gasteiger partial charge in [0.05, 0.1) is 12.2 Å². The van der Waals surface area contributed by atoms with Crippen LogP contribution in [0.3, 0.4) is 0 Å². The van der Waals surface area contributed by atoms with Crippen molar-refractivity contribution in [2.24, 2.45) is 11.8 Å². The van der Waals surface area contributed by atoms with Gasteiger partial charge < -0.3 is 15.0 Å². The summed E-state index contributed by atoms with van der Waals surface area (Å²) < 4.78 is 6.39. The molecule has 0 unspecified atom stereocenters. The van der Waals surface area contributed by atoms with E-state index in [1.165, 1.54) is 64.7 Å². The molecule has 0 aromatic rings. The fourth-order valence-electron chi connectivity index (χ4n) is 3.84. The van der Waals surface area contributed by atoms with Crippen LogP contribution >= 0.6 is 0 Å². The molecule has 1 aliphatic heterocycles. The highest BCUT2D eigenvalue weighted by atomic mass is 16.5. The highest BCUT2D eigenvalue weighted by Gasteiger charge is 2.26. The smallest absolute Gasteiger partial charge is 0.0603 e. The molecule has 3 heteroatoms. The molecule has 3 nitrogen and oxygen atoms in total. The Morgan fingerprint density at radius 2 is 1.62 bits per heavy atom. The summed E-state index contributed by atoms with van der Waals surface area (Å²) in [5.41, 5.74) is 0. The lowest BCUT2D eigenvalue weighted by atomic mass is 9.87. The van der Waals surface area contributed by atoms with Crippen molar-refractivity contribution in [3.63, 3.8) is 0 Å². The van der Waals surface area contributed by atoms with Crippen molar-refractivity contribution in [3.05, 3.63) is 0 Å². The Labute approximate surface area is 131 Å². The first-order valence-corrected chi connectivity index (χ1v) is 9.25. The maximum atomic E-state index is 6.39. The first kappa shape index (κ1) is 17.2. The second-order valence-corrected chi connectivity index (χ2v) is 7.48. The molecular weight excluding hydrogens is 260 g/mol. The predicted octanol–water partition coefficient (Wildman–Crippen LogP) is 3.29. The van der Waals surface area contributed by atoms with Crippen molar-refractivity contribution in [2.45, 2.75) is 71.5 Å². The molecule has 0 bridgehead atoms. The fourth-order valence-corrected chi connectivity index (χ4v) is 3.84. The van der Waals surface area contributed by atoms with E-state index in [2.05, 4.69) is 31.0 Å². The van der Waals surface area contributed by atoms with Crippen LogP contribution in [0.15, 0.2) is 0 Å². The van der Waals surface area contributed by atoms with Crippen LogP contribution in [-0.2, 0) is 4.74 Å². The van der Waals surface area contributed by atoms with E-state index < -0.39 is 0 Å². The van der Waals surface area contributed by atoms with Gasteiger partial charge in [0.1, 0.15) is 0 Å². The molecule has 2 rings (SSSR count). The van der Waals surface area contributed by atoms with E-state index in [1.54, 1.807) is 0 Å². The largest absolute Gasteiger partial charge is 0.375 e. The lowest BCUT2D eigenvalue weighted by Crippen LogP contribution is -2.40. The maximum Gasteiger partial charge on any atom is 0.0603 e. The summed E-state index contributed by atoms with van der Waals surface area (Å²) in [5, 5.41) is 3.49. The van der Waals surface area contributed by atoms with Gasteiger partial charge in [0.15, 0.2) is 0 Å². The molecule has 1 saturated heterocycles. The zero-order valence-corrected chi connectivity index (χ0v) is 14.4. The quantitative estimate of drug-likeness (QED) is 0.780. The molecular formula is C18H36N2O. The van der Waals surface area contributed by atoms with Crippen LogP contribution in [0.4, 0.5) is 0 Å². The summed E-state index contributed by atoms with van der Waals surface area (Å²) in [6.45, 7) is 12.9. The SMILES string of the molecule is CCNC[C@H]1CC[C@H](OC2CCN(CC(C)C)CC2)CC1. The average molecular weight is 296 g/mol. The lowest BCUT2D eigenvalue weighted by Gasteiger charge is -2.36. The topological polar surface area (TPSA) is 24.5 Å². The second-order valence-electron chi connectivity index (χ2n) is 7.48. The number of piperidine rings is 1. The molecule has 2 fully saturated rings. The van der Waals surface area contributed by atoms with Crippen molar-refractivity contribution >= 4 is 0 Å². The molecule has 1 aliphatic carbocycles. The number of nitrogens with zero attached hydrogens (tertiary/aromatic N) is 1. The maximum absolute atomic E-state index is 6.39. The van der Waals surface area contributed by atoms with Crippen LogP contribution in [0.1, 0.15) is 59.3 Å². The Kier molecular flexibility index (Phi) is 7.48. The number of nitrogens with one attached hydrogen (secondary N) is 1. The van der Waals surface area contributed by atoms with E-state index in [0.29, 0.717) is 12.2 Å². The van der Waals surface area contributed by atoms with Gasteiger partial charge in [-0.25, -0.2) is 0 Å². The first-order valence-electron chi connectivity index (χ1n) is 9.25. The Hall–Kier alpha value is -0.120. The Morgan fingerprint density at radius 3 is 2.19 bits per heavy atom. The molecule has 0 aromatic carbocycles. The number of hydrogen-bond acceptors (Lipinski definition) is 3. The molecule has 2 aliphatic rings. The van der Waals surface area contributed by atoms with Gasteiger partial charge in [-0.2, -0.15) is 0 Å². The van der Waals surface area contributed by atoms with Gasteiger partial charge in [-0.3, -0.25) is 0 Å². The van der Waals surface area contributed by atoms with Gasteiger partial charge in [0.2, 0.25) is 0 Å². The summed E-state index contributed by atoms with van der Waals surface area (Å²) in [7, 11) is 0. The zero-order chi connectivity index (χ0) is 15.1. The third-order valence-corrected chi connectivity index (χ3v) is 5.02. The highest BCUT2D eigenvalue weighted by molar-refractivity contribution is 4.78. The van der Waals surface area contributed by atoms with Crippen molar-refractivity contribution in [1.29, 1.82) is 0 Å². The van der Waals surface area contributed by atoms with E-state index in [9.17, 15) is 0 Å². The van der Waals surface area contributed by atoms with Crippen molar-refractivity contribution in [3.8, 4) is 0 Å². The molecule has 1 saturated carbocycles. The first-order chi connectivity index (χ1) is 10.2. The summed E-state index contributed by atoms with van der Waals surface area (Å²) in [6.07, 6.45) is 8.82. The minimum absolute atomic E-state index is 0.531. The van der Waals surface area contributed by atoms with E-state index in [-0.39, 0.29) is 0 Å². The van der Waals surface area contributed by atoms with Gasteiger partial charge in [-0.15, -0.1) is 0 Å². The van der Waals surface area contributed by atoms with Crippen LogP contribution in [-0.4, -0.2) is 49.8 Å². The van der Waals surface area contributed by atoms with E-state index >= 15 is 0 Å². The van der Waals surface area contributed by atoms with Gasteiger partial charge in [-0.05, 0) is 63.5 Å². The second kappa shape index (κ2) is 9.12. The minimum atomic E-state index is 0.531. The van der Waals surface area contributed by atoms with Crippen molar-refractivity contribution in [1.82, 2.24) is 10.2 Å². The van der Waals surface area contributed by atoms with Gasteiger partial charge >= 0.3 is 0 Å². The summed E-state index contributed by atoms with van der Waals surface area (Å²) >= 11 is 0. The van der Waals surface area contributed by atoms with Crippen molar-refractivity contribution in [2.75, 3.05) is 32.7 Å². The van der Waals surface area contributed by atoms with Crippen molar-refractivity contribution < 1.29 is 4.74 Å². The third-order valence-electron chi connectivity index (χ3n) is 5.02. The van der Waals surface area contributed by atoms with E-state index in [0.717, 1.165) is 18.4 Å². The number of rotatable bonds is 7. The normalized spacial score (nSPS) is 29.1. The van der Waals surface area contributed by atoms with Crippen LogP contribution in [0.5, 0.6) is 0 Å². The van der Waals surface area contributed by atoms with Crippen LogP contribution in [0.2, 0.25) is 0 Å². The van der Waals surface area contributed by atoms with E-state index in [4.69, 9.17) is 4.74 Å². The molecule has 0 spiro atoms. The number of ether oxygens (including phenoxy) is 1. The zero-order valence-electron chi connectivity index (χ0n) is 14.4. The molecule has 0 atom stereocenters. The van der Waals surface area contributed by atoms with Gasteiger partial charge in [0, 0.05) is 19.6 Å². The summed E-state index contributed by atoms with van der Waals surface area (Å²) in [4.78, 5) is 2.61. The summed E-state index contributed by atoms with van der Waals surface area (Å²) in [5.74, 6) is 1.67. The molecule has 1 N–H and O–H groups in total. The molecule has 124 valence electrons. The predicted molar refractivity (Wildman–Crippen MR) is 89.7 cm³/mol. The molecule has 0 aromatic heterocycles. The van der Waals surface area contributed by atoms with Crippen LogP contribution in [0.25, 0.3) is 0 Å². The Morgan fingerprint density at radius 1 is 1.00 bits per heavy atom. The molecule has 0 amide bonds. The lowest BCUT2D eigenvalue weighted by molar-refractivity contribution is -0.0614. The Bertz CT molecular complexity index is 266. The van der Waals surface area contributed by atoms with Gasteiger partial charge in [0.25, 0.3) is 0 Å². The van der Waals surface area contributed by atoms with Crippen LogP contribution < -0.4 is 5.32 Å². The Balaban J connectivity index is 1.59. The number of likely N-dealkylation sites (tertiary alicyclic amines) is 1. The molecule has 0 radical (unpaired) electrons. The average Bonchev–Trinajstić information content (AvgIpc) is 2.48. The standard InChI is InChI=1S/C18H36N2O/c1-4-19-13-16-5-7-17(8-6-16)21-18-9-11-20(12-10-18)14-15(2)3/h15-19H,4-14H2,1-3H3/t16-,17-. The monoisotopic (exact) mass is 296 g/mol. The van der Waals surface area contributed by atoms with E-state index in [1.807, 2.05) is 0 Å². The number of hydrogen-bond donors (Lipinski definition) is 1. The highest BCUT2D eigenvalue weighted by Crippen LogP contribution is 2.28. The summed E-state index contributed by atoms with van der Waals surface area (Å²) in [6, 6.07) is 0. The fraction of sp³-hybridized carbons (Fsp3) is 1.00. The molecule has 1 heterocycles. The minimum Gasteiger partial charge on any atom is -0.375 e. The molecule has 21 heavy (non-hydrogen) atoms. The third kappa shape index (κ3) is 6.25.